The van der Waals surface area contributed by atoms with Gasteiger partial charge in [0.15, 0.2) is 0 Å². The molecule has 3 aliphatic rings. The number of benzene rings is 6. The maximum absolute atomic E-state index is 2.75. The Bertz CT molecular complexity index is 3360. The number of aryl methyl sites for hydroxylation is 1. The van der Waals surface area contributed by atoms with E-state index in [9.17, 15) is 0 Å². The molecule has 6 aromatic carbocycles. The van der Waals surface area contributed by atoms with Gasteiger partial charge in [-0.15, -0.1) is 11.3 Å². The standard InChI is InChI=1S/C68H83BN2S/c1-38-29-56-60-57(30-38)71(54-25-23-44(63(7,8)9)34-49(54)59-42(5)40(3)39(2)41(4)43(59)6)55-37-52-51(67(19,20)27-28-68(52,21)22)36-53(55)69(60)62-61(50-35-45(64(10,11)12)24-26-58(50)72-62)70(56)48-32-46(65(13,14)15)31-47(33-48)66(16,17)18/h23-26,29-37H,27-28H2,1-22H3. The van der Waals surface area contributed by atoms with Gasteiger partial charge in [-0.1, -0.05) is 135 Å². The molecule has 0 radical (unpaired) electrons. The van der Waals surface area contributed by atoms with E-state index in [-0.39, 0.29) is 39.2 Å². The lowest BCUT2D eigenvalue weighted by Gasteiger charge is -2.47. The molecule has 0 fully saturated rings. The fraction of sp³-hybridized carbons (Fsp3) is 0.441. The largest absolute Gasteiger partial charge is 0.311 e. The van der Waals surface area contributed by atoms with Gasteiger partial charge >= 0.3 is 0 Å². The van der Waals surface area contributed by atoms with E-state index in [1.54, 1.807) is 0 Å². The van der Waals surface area contributed by atoms with Crippen LogP contribution in [0.5, 0.6) is 0 Å². The summed E-state index contributed by atoms with van der Waals surface area (Å²) in [7, 11) is 0. The summed E-state index contributed by atoms with van der Waals surface area (Å²) in [5.41, 5.74) is 29.9. The first-order valence-corrected chi connectivity index (χ1v) is 27.9. The molecule has 0 N–H and O–H groups in total. The molecule has 0 bridgehead atoms. The summed E-state index contributed by atoms with van der Waals surface area (Å²) in [6.45, 7) is 52.6. The Kier molecular flexibility index (Phi) is 11.4. The summed E-state index contributed by atoms with van der Waals surface area (Å²) in [6, 6.07) is 32.9. The van der Waals surface area contributed by atoms with Gasteiger partial charge in [-0.25, -0.2) is 0 Å². The number of anilines is 6. The molecule has 374 valence electrons. The second kappa shape index (κ2) is 16.2. The van der Waals surface area contributed by atoms with Crippen molar-refractivity contribution < 1.29 is 0 Å². The van der Waals surface area contributed by atoms with E-state index < -0.39 is 0 Å². The van der Waals surface area contributed by atoms with E-state index >= 15 is 0 Å². The van der Waals surface area contributed by atoms with Crippen molar-refractivity contribution in [1.82, 2.24) is 0 Å². The third-order valence-electron chi connectivity index (χ3n) is 17.9. The highest BCUT2D eigenvalue weighted by Crippen LogP contribution is 2.54. The lowest BCUT2D eigenvalue weighted by Crippen LogP contribution is -2.61. The summed E-state index contributed by atoms with van der Waals surface area (Å²) in [5.74, 6) is 0. The second-order valence-electron chi connectivity index (χ2n) is 28.1. The van der Waals surface area contributed by atoms with Crippen LogP contribution in [-0.4, -0.2) is 6.71 Å². The number of hydrogen-bond acceptors (Lipinski definition) is 3. The zero-order valence-electron chi connectivity index (χ0n) is 48.3. The molecule has 2 nitrogen and oxygen atoms in total. The highest BCUT2D eigenvalue weighted by atomic mass is 32.1. The van der Waals surface area contributed by atoms with Crippen molar-refractivity contribution in [2.75, 3.05) is 9.80 Å². The van der Waals surface area contributed by atoms with Crippen LogP contribution in [0.1, 0.15) is 190 Å². The Balaban J connectivity index is 1.41. The molecule has 10 rings (SSSR count). The topological polar surface area (TPSA) is 6.48 Å². The molecule has 0 saturated carbocycles. The first-order chi connectivity index (χ1) is 33.2. The van der Waals surface area contributed by atoms with Crippen LogP contribution in [0.15, 0.2) is 78.9 Å². The van der Waals surface area contributed by atoms with Gasteiger partial charge in [-0.3, -0.25) is 0 Å². The molecule has 3 heterocycles. The molecule has 0 unspecified atom stereocenters. The molecule has 0 amide bonds. The van der Waals surface area contributed by atoms with E-state index in [1.165, 1.54) is 144 Å². The first-order valence-electron chi connectivity index (χ1n) is 27.1. The van der Waals surface area contributed by atoms with Gasteiger partial charge in [0.05, 0.1) is 11.4 Å². The Morgan fingerprint density at radius 2 is 0.958 bits per heavy atom. The smallest absolute Gasteiger partial charge is 0.264 e. The van der Waals surface area contributed by atoms with Crippen molar-refractivity contribution in [1.29, 1.82) is 0 Å². The average Bonchev–Trinajstić information content (AvgIpc) is 3.66. The summed E-state index contributed by atoms with van der Waals surface area (Å²) >= 11 is 2.03. The van der Waals surface area contributed by atoms with Crippen molar-refractivity contribution in [2.45, 2.75) is 198 Å². The molecule has 0 atom stereocenters. The van der Waals surface area contributed by atoms with Crippen LogP contribution in [0, 0.1) is 41.5 Å². The quantitative estimate of drug-likeness (QED) is 0.163. The summed E-state index contributed by atoms with van der Waals surface area (Å²) in [6.07, 6.45) is 2.33. The Hall–Kier alpha value is -5.06. The number of fused-ring (bicyclic) bond motifs is 7. The van der Waals surface area contributed by atoms with E-state index in [4.69, 9.17) is 0 Å². The number of nitrogens with zero attached hydrogens (tertiary/aromatic N) is 2. The molecular weight excluding hydrogens is 888 g/mol. The average molecular weight is 971 g/mol. The third-order valence-corrected chi connectivity index (χ3v) is 19.1. The van der Waals surface area contributed by atoms with Crippen molar-refractivity contribution in [3.63, 3.8) is 0 Å². The van der Waals surface area contributed by atoms with Gasteiger partial charge in [0, 0.05) is 43.2 Å². The minimum absolute atomic E-state index is 0.00337. The summed E-state index contributed by atoms with van der Waals surface area (Å²) in [4.78, 5) is 5.48. The lowest BCUT2D eigenvalue weighted by molar-refractivity contribution is 0.332. The fourth-order valence-electron chi connectivity index (χ4n) is 12.6. The molecule has 0 spiro atoms. The maximum atomic E-state index is 2.75. The summed E-state index contributed by atoms with van der Waals surface area (Å²) < 4.78 is 2.80. The Labute approximate surface area is 439 Å². The van der Waals surface area contributed by atoms with Crippen LogP contribution in [0.2, 0.25) is 0 Å². The van der Waals surface area contributed by atoms with Gasteiger partial charge in [-0.2, -0.15) is 0 Å². The van der Waals surface area contributed by atoms with Gasteiger partial charge in [-0.05, 0) is 225 Å². The third kappa shape index (κ3) is 7.85. The van der Waals surface area contributed by atoms with Crippen molar-refractivity contribution in [2.24, 2.45) is 0 Å². The van der Waals surface area contributed by atoms with Crippen molar-refractivity contribution in [3.8, 4) is 11.1 Å². The molecular formula is C68H83BN2S. The molecule has 2 aliphatic heterocycles. The van der Waals surface area contributed by atoms with Crippen molar-refractivity contribution in [3.05, 3.63) is 146 Å². The first kappa shape index (κ1) is 50.5. The van der Waals surface area contributed by atoms with Crippen LogP contribution in [0.4, 0.5) is 34.1 Å². The highest BCUT2D eigenvalue weighted by Gasteiger charge is 2.48. The molecule has 1 aliphatic carbocycles. The second-order valence-corrected chi connectivity index (χ2v) is 29.2. The van der Waals surface area contributed by atoms with Crippen LogP contribution < -0.4 is 25.5 Å². The van der Waals surface area contributed by atoms with Crippen LogP contribution in [0.3, 0.4) is 0 Å². The molecule has 0 saturated heterocycles. The van der Waals surface area contributed by atoms with E-state index in [0.29, 0.717) is 0 Å². The predicted octanol–water partition coefficient (Wildman–Crippen LogP) is 18.0. The fourth-order valence-corrected chi connectivity index (χ4v) is 13.9. The van der Waals surface area contributed by atoms with Gasteiger partial charge < -0.3 is 9.80 Å². The number of hydrogen-bond donors (Lipinski definition) is 0. The van der Waals surface area contributed by atoms with Crippen LogP contribution >= 0.6 is 11.3 Å². The van der Waals surface area contributed by atoms with Crippen LogP contribution in [0.25, 0.3) is 21.2 Å². The maximum Gasteiger partial charge on any atom is 0.264 e. The normalized spacial score (nSPS) is 16.2. The molecule has 72 heavy (non-hydrogen) atoms. The number of thiophene rings is 1. The van der Waals surface area contributed by atoms with Gasteiger partial charge in [0.25, 0.3) is 6.71 Å². The SMILES string of the molecule is Cc1cc2c3c(c1)N(c1cc(C(C)(C)C)cc(C(C)(C)C)c1)c1c(sc4ccc(C(C)(C)C)cc14)B3c1cc3c(cc1N2c1ccc(C(C)(C)C)cc1-c1c(C)c(C)c(C)c(C)c1C)C(C)(C)CCC3(C)C. The lowest BCUT2D eigenvalue weighted by atomic mass is 9.35. The Morgan fingerprint density at radius 3 is 1.50 bits per heavy atom. The van der Waals surface area contributed by atoms with Gasteiger partial charge in [0.2, 0.25) is 0 Å². The highest BCUT2D eigenvalue weighted by molar-refractivity contribution is 7.33. The minimum Gasteiger partial charge on any atom is -0.311 e. The monoisotopic (exact) mass is 971 g/mol. The molecule has 7 aromatic rings. The summed E-state index contributed by atoms with van der Waals surface area (Å²) in [5, 5.41) is 1.36. The predicted molar refractivity (Wildman–Crippen MR) is 320 cm³/mol. The number of rotatable bonds is 3. The molecule has 4 heteroatoms. The Morgan fingerprint density at radius 1 is 0.472 bits per heavy atom. The van der Waals surface area contributed by atoms with Crippen molar-refractivity contribution >= 4 is 78.0 Å². The van der Waals surface area contributed by atoms with Gasteiger partial charge in [0.1, 0.15) is 0 Å². The van der Waals surface area contributed by atoms with E-state index in [0.717, 1.165) is 6.42 Å². The van der Waals surface area contributed by atoms with E-state index in [2.05, 4.69) is 241 Å². The van der Waals surface area contributed by atoms with E-state index in [1.807, 2.05) is 11.3 Å². The zero-order valence-corrected chi connectivity index (χ0v) is 49.1. The minimum atomic E-state index is -0.0483. The molecule has 1 aromatic heterocycles. The zero-order chi connectivity index (χ0) is 52.5. The van der Waals surface area contributed by atoms with Crippen LogP contribution in [-0.2, 0) is 32.5 Å².